The molecule has 0 radical (unpaired) electrons. The molecule has 1 aliphatic rings. The van der Waals surface area contributed by atoms with Crippen molar-refractivity contribution in [2.24, 2.45) is 7.05 Å². The molecule has 0 amide bonds. The van der Waals surface area contributed by atoms with Crippen LogP contribution in [-0.2, 0) is 13.5 Å². The van der Waals surface area contributed by atoms with Crippen LogP contribution >= 0.6 is 11.3 Å². The third-order valence-corrected chi connectivity index (χ3v) is 5.45. The van der Waals surface area contributed by atoms with Crippen molar-refractivity contribution in [3.05, 3.63) is 38.9 Å². The number of aryl methyl sites for hydroxylation is 1. The van der Waals surface area contributed by atoms with Crippen LogP contribution in [-0.4, -0.2) is 57.4 Å². The lowest BCUT2D eigenvalue weighted by molar-refractivity contribution is 0.260. The Hall–Kier alpha value is -2.19. The molecular formula is C16H20N6OS. The van der Waals surface area contributed by atoms with Gasteiger partial charge in [0, 0.05) is 44.6 Å². The summed E-state index contributed by atoms with van der Waals surface area (Å²) < 4.78 is 1.64. The predicted molar refractivity (Wildman–Crippen MR) is 95.8 cm³/mol. The normalized spacial score (nSPS) is 16.1. The zero-order valence-corrected chi connectivity index (χ0v) is 14.4. The summed E-state index contributed by atoms with van der Waals surface area (Å²) in [5.74, 6) is 0.647. The SMILES string of the molecule is Cn1ncc2c(=O)[nH]c(N3CCN(CCc4cccs4)CC3)nc21. The minimum absolute atomic E-state index is 0.122. The first-order chi connectivity index (χ1) is 11.7. The van der Waals surface area contributed by atoms with Gasteiger partial charge < -0.3 is 4.90 Å². The number of anilines is 1. The van der Waals surface area contributed by atoms with E-state index in [1.54, 1.807) is 17.9 Å². The largest absolute Gasteiger partial charge is 0.340 e. The lowest BCUT2D eigenvalue weighted by Gasteiger charge is -2.34. The molecule has 3 aromatic rings. The van der Waals surface area contributed by atoms with Crippen LogP contribution in [0.15, 0.2) is 28.5 Å². The van der Waals surface area contributed by atoms with Gasteiger partial charge in [-0.2, -0.15) is 10.1 Å². The highest BCUT2D eigenvalue weighted by molar-refractivity contribution is 7.09. The number of aromatic nitrogens is 4. The Kier molecular flexibility index (Phi) is 4.07. The third kappa shape index (κ3) is 2.94. The van der Waals surface area contributed by atoms with E-state index < -0.39 is 0 Å². The third-order valence-electron chi connectivity index (χ3n) is 4.52. The average molecular weight is 344 g/mol. The second-order valence-electron chi connectivity index (χ2n) is 6.05. The van der Waals surface area contributed by atoms with Crippen molar-refractivity contribution >= 4 is 28.3 Å². The summed E-state index contributed by atoms with van der Waals surface area (Å²) in [5.41, 5.74) is 0.511. The molecule has 0 spiro atoms. The van der Waals surface area contributed by atoms with Crippen molar-refractivity contribution in [3.8, 4) is 0 Å². The molecule has 1 saturated heterocycles. The highest BCUT2D eigenvalue weighted by Gasteiger charge is 2.20. The molecule has 4 rings (SSSR count). The molecule has 24 heavy (non-hydrogen) atoms. The number of hydrogen-bond donors (Lipinski definition) is 1. The van der Waals surface area contributed by atoms with Gasteiger partial charge in [-0.15, -0.1) is 11.3 Å². The second-order valence-corrected chi connectivity index (χ2v) is 7.09. The Balaban J connectivity index is 1.42. The van der Waals surface area contributed by atoms with Crippen molar-refractivity contribution in [2.45, 2.75) is 6.42 Å². The number of aromatic amines is 1. The molecule has 1 aliphatic heterocycles. The van der Waals surface area contributed by atoms with E-state index in [1.165, 1.54) is 4.88 Å². The maximum Gasteiger partial charge on any atom is 0.263 e. The second kappa shape index (κ2) is 6.37. The van der Waals surface area contributed by atoms with Crippen molar-refractivity contribution in [1.29, 1.82) is 0 Å². The molecule has 0 atom stereocenters. The van der Waals surface area contributed by atoms with Crippen molar-refractivity contribution in [2.75, 3.05) is 37.6 Å². The van der Waals surface area contributed by atoms with E-state index in [-0.39, 0.29) is 5.56 Å². The van der Waals surface area contributed by atoms with E-state index in [1.807, 2.05) is 11.3 Å². The molecule has 0 unspecified atom stereocenters. The topological polar surface area (TPSA) is 70.1 Å². The van der Waals surface area contributed by atoms with E-state index in [4.69, 9.17) is 0 Å². The molecule has 0 aromatic carbocycles. The number of thiophene rings is 1. The number of nitrogens with one attached hydrogen (secondary N) is 1. The Morgan fingerprint density at radius 2 is 2.12 bits per heavy atom. The maximum absolute atomic E-state index is 12.2. The molecule has 7 nitrogen and oxygen atoms in total. The van der Waals surface area contributed by atoms with Crippen molar-refractivity contribution in [3.63, 3.8) is 0 Å². The summed E-state index contributed by atoms with van der Waals surface area (Å²) in [6, 6.07) is 4.30. The summed E-state index contributed by atoms with van der Waals surface area (Å²) in [7, 11) is 1.81. The van der Waals surface area contributed by atoms with Gasteiger partial charge in [-0.1, -0.05) is 6.07 Å². The van der Waals surface area contributed by atoms with Gasteiger partial charge in [0.1, 0.15) is 5.39 Å². The number of fused-ring (bicyclic) bond motifs is 1. The fraction of sp³-hybridized carbons (Fsp3) is 0.438. The zero-order chi connectivity index (χ0) is 16.5. The highest BCUT2D eigenvalue weighted by Crippen LogP contribution is 2.14. The quantitative estimate of drug-likeness (QED) is 0.767. The molecule has 1 fully saturated rings. The van der Waals surface area contributed by atoms with Crippen LogP contribution in [0.1, 0.15) is 4.88 Å². The van der Waals surface area contributed by atoms with Gasteiger partial charge in [-0.05, 0) is 17.9 Å². The van der Waals surface area contributed by atoms with E-state index >= 15 is 0 Å². The summed E-state index contributed by atoms with van der Waals surface area (Å²) in [6.07, 6.45) is 2.67. The molecule has 0 bridgehead atoms. The Labute approximate surface area is 143 Å². The van der Waals surface area contributed by atoms with Crippen LogP contribution < -0.4 is 10.5 Å². The summed E-state index contributed by atoms with van der Waals surface area (Å²) >= 11 is 1.82. The Morgan fingerprint density at radius 3 is 2.88 bits per heavy atom. The number of H-pyrrole nitrogens is 1. The molecule has 3 aromatic heterocycles. The molecular weight excluding hydrogens is 324 g/mol. The number of nitrogens with zero attached hydrogens (tertiary/aromatic N) is 5. The van der Waals surface area contributed by atoms with E-state index in [0.29, 0.717) is 17.0 Å². The monoisotopic (exact) mass is 344 g/mol. The fourth-order valence-electron chi connectivity index (χ4n) is 3.08. The van der Waals surface area contributed by atoms with Gasteiger partial charge in [-0.25, -0.2) is 0 Å². The molecule has 126 valence electrons. The zero-order valence-electron chi connectivity index (χ0n) is 13.6. The summed E-state index contributed by atoms with van der Waals surface area (Å²) in [5, 5.41) is 6.78. The minimum atomic E-state index is -0.122. The first kappa shape index (κ1) is 15.3. The van der Waals surface area contributed by atoms with Gasteiger partial charge in [0.15, 0.2) is 5.65 Å². The lowest BCUT2D eigenvalue weighted by Crippen LogP contribution is -2.47. The van der Waals surface area contributed by atoms with Crippen LogP contribution in [0.4, 0.5) is 5.95 Å². The maximum atomic E-state index is 12.2. The molecule has 0 saturated carbocycles. The van der Waals surface area contributed by atoms with Gasteiger partial charge >= 0.3 is 0 Å². The van der Waals surface area contributed by atoms with Crippen LogP contribution in [0.2, 0.25) is 0 Å². The summed E-state index contributed by atoms with van der Waals surface area (Å²) in [4.78, 5) is 25.7. The van der Waals surface area contributed by atoms with Crippen LogP contribution in [0, 0.1) is 0 Å². The van der Waals surface area contributed by atoms with E-state index in [0.717, 1.165) is 39.1 Å². The van der Waals surface area contributed by atoms with Crippen molar-refractivity contribution in [1.82, 2.24) is 24.6 Å². The van der Waals surface area contributed by atoms with Gasteiger partial charge in [0.05, 0.1) is 6.20 Å². The highest BCUT2D eigenvalue weighted by atomic mass is 32.1. The van der Waals surface area contributed by atoms with E-state index in [9.17, 15) is 4.79 Å². The first-order valence-electron chi connectivity index (χ1n) is 8.12. The number of rotatable bonds is 4. The number of piperazine rings is 1. The molecule has 0 aliphatic carbocycles. The molecule has 8 heteroatoms. The lowest BCUT2D eigenvalue weighted by atomic mass is 10.2. The first-order valence-corrected chi connectivity index (χ1v) is 9.00. The van der Waals surface area contributed by atoms with E-state index in [2.05, 4.69) is 42.4 Å². The van der Waals surface area contributed by atoms with Gasteiger partial charge in [0.2, 0.25) is 5.95 Å². The van der Waals surface area contributed by atoms with Crippen LogP contribution in [0.25, 0.3) is 11.0 Å². The van der Waals surface area contributed by atoms with Crippen LogP contribution in [0.5, 0.6) is 0 Å². The standard InChI is InChI=1S/C16H20N6OS/c1-20-14-13(11-17-20)15(23)19-16(18-14)22-8-6-21(7-9-22)5-4-12-3-2-10-24-12/h2-3,10-11H,4-9H2,1H3,(H,18,19,23). The van der Waals surface area contributed by atoms with Gasteiger partial charge in [0.25, 0.3) is 5.56 Å². The molecule has 4 heterocycles. The molecule has 1 N–H and O–H groups in total. The predicted octanol–water partition coefficient (Wildman–Crippen LogP) is 1.08. The summed E-state index contributed by atoms with van der Waals surface area (Å²) in [6.45, 7) is 4.80. The van der Waals surface area contributed by atoms with Crippen LogP contribution in [0.3, 0.4) is 0 Å². The minimum Gasteiger partial charge on any atom is -0.340 e. The van der Waals surface area contributed by atoms with Crippen molar-refractivity contribution < 1.29 is 0 Å². The van der Waals surface area contributed by atoms with Gasteiger partial charge in [-0.3, -0.25) is 19.4 Å². The Bertz CT molecular complexity index is 876. The number of hydrogen-bond acceptors (Lipinski definition) is 6. The Morgan fingerprint density at radius 1 is 1.29 bits per heavy atom. The smallest absolute Gasteiger partial charge is 0.263 e. The average Bonchev–Trinajstić information content (AvgIpc) is 3.24. The fourth-order valence-corrected chi connectivity index (χ4v) is 3.78.